The Bertz CT molecular complexity index is 3170. The molecule has 1 aliphatic heterocycles. The molecule has 2 unspecified atom stereocenters. The molecule has 0 fully saturated rings. The quantitative estimate of drug-likeness (QED) is 0.175. The minimum absolute atomic E-state index is 0.245. The van der Waals surface area contributed by atoms with Crippen molar-refractivity contribution in [2.45, 2.75) is 12.0 Å². The molecule has 2 aliphatic rings. The van der Waals surface area contributed by atoms with E-state index in [1.165, 1.54) is 57.3 Å². The minimum Gasteiger partial charge on any atom is -0.333 e. The molecule has 2 atom stereocenters. The molecule has 0 radical (unpaired) electrons. The zero-order valence-electron chi connectivity index (χ0n) is 30.6. The van der Waals surface area contributed by atoms with E-state index in [0.29, 0.717) is 23.4 Å². The maximum atomic E-state index is 5.21. The first kappa shape index (κ1) is 32.5. The molecular weight excluding hydrogens is 733 g/mol. The summed E-state index contributed by atoms with van der Waals surface area (Å²) in [7, 11) is 0. The molecule has 4 nitrogen and oxygen atoms in total. The third-order valence-electron chi connectivity index (χ3n) is 11.4. The summed E-state index contributed by atoms with van der Waals surface area (Å²) in [5, 5.41) is 5.06. The van der Waals surface area contributed by atoms with Crippen LogP contribution in [0.1, 0.15) is 11.5 Å². The van der Waals surface area contributed by atoms with Crippen molar-refractivity contribution in [3.63, 3.8) is 0 Å². The van der Waals surface area contributed by atoms with E-state index < -0.39 is 0 Å². The average molecular weight is 765 g/mol. The van der Waals surface area contributed by atoms with Gasteiger partial charge in [-0.2, -0.15) is 0 Å². The summed E-state index contributed by atoms with van der Waals surface area (Å²) >= 11 is 3.61. The van der Waals surface area contributed by atoms with Gasteiger partial charge in [-0.15, -0.1) is 22.7 Å². The van der Waals surface area contributed by atoms with Gasteiger partial charge < -0.3 is 4.90 Å². The lowest BCUT2D eigenvalue weighted by molar-refractivity contribution is 0.745. The Hall–Kier alpha value is -6.73. The molecule has 10 aromatic rings. The molecule has 0 saturated heterocycles. The van der Waals surface area contributed by atoms with Gasteiger partial charge in [-0.05, 0) is 65.2 Å². The van der Waals surface area contributed by atoms with E-state index in [1.807, 2.05) is 0 Å². The molecule has 0 N–H and O–H groups in total. The van der Waals surface area contributed by atoms with Gasteiger partial charge in [0.2, 0.25) is 0 Å². The number of nitrogens with zero attached hydrogens (tertiary/aromatic N) is 4. The maximum Gasteiger partial charge on any atom is 0.164 e. The predicted molar refractivity (Wildman–Crippen MR) is 241 cm³/mol. The summed E-state index contributed by atoms with van der Waals surface area (Å²) in [6.45, 7) is 0. The van der Waals surface area contributed by atoms with Crippen molar-refractivity contribution in [3.8, 4) is 45.3 Å². The van der Waals surface area contributed by atoms with E-state index in [4.69, 9.17) is 15.0 Å². The fraction of sp³-hybridized carbons (Fsp3) is 0.0392. The Labute approximate surface area is 337 Å². The summed E-state index contributed by atoms with van der Waals surface area (Å²) in [6.07, 6.45) is 9.00. The van der Waals surface area contributed by atoms with Gasteiger partial charge in [0, 0.05) is 74.3 Å². The minimum atomic E-state index is 0.245. The van der Waals surface area contributed by atoms with E-state index in [-0.39, 0.29) is 6.04 Å². The van der Waals surface area contributed by atoms with Gasteiger partial charge in [-0.3, -0.25) is 0 Å². The second-order valence-corrected chi connectivity index (χ2v) is 16.9. The first-order chi connectivity index (χ1) is 28.2. The number of aromatic nitrogens is 3. The smallest absolute Gasteiger partial charge is 0.164 e. The second-order valence-electron chi connectivity index (χ2n) is 14.8. The Kier molecular flexibility index (Phi) is 7.37. The molecule has 0 saturated carbocycles. The number of hydrogen-bond acceptors (Lipinski definition) is 6. The summed E-state index contributed by atoms with van der Waals surface area (Å²) in [5.74, 6) is 2.31. The number of anilines is 2. The molecule has 0 spiro atoms. The van der Waals surface area contributed by atoms with E-state index in [0.717, 1.165) is 27.8 Å². The van der Waals surface area contributed by atoms with Crippen LogP contribution in [0.4, 0.5) is 11.4 Å². The highest BCUT2D eigenvalue weighted by molar-refractivity contribution is 7.26. The highest BCUT2D eigenvalue weighted by Crippen LogP contribution is 2.48. The standard InChI is InChI=1S/C51H32N4S2/c1-5-19-43-37(15-1)38-16-2-6-20-44(38)55(43)36-14-10-12-32(28-36)31-11-9-13-33(27-31)49-52-50(34-23-25-41-39-17-3-7-21-45(39)56-47(41)29-34)54-51(53-49)35-24-26-42-40-18-4-8-22-46(40)57-48(42)30-35/h1-30,37,43H. The second kappa shape index (κ2) is 12.9. The topological polar surface area (TPSA) is 41.9 Å². The Morgan fingerprint density at radius 3 is 1.61 bits per heavy atom. The van der Waals surface area contributed by atoms with E-state index >= 15 is 0 Å². The molecule has 268 valence electrons. The van der Waals surface area contributed by atoms with Crippen LogP contribution in [0.15, 0.2) is 182 Å². The normalized spacial score (nSPS) is 15.9. The van der Waals surface area contributed by atoms with Crippen LogP contribution in [0.5, 0.6) is 0 Å². The van der Waals surface area contributed by atoms with Crippen molar-refractivity contribution in [2.75, 3.05) is 4.90 Å². The number of hydrogen-bond donors (Lipinski definition) is 0. The van der Waals surface area contributed by atoms with Crippen molar-refractivity contribution in [3.05, 3.63) is 188 Å². The van der Waals surface area contributed by atoms with Crippen LogP contribution < -0.4 is 4.90 Å². The van der Waals surface area contributed by atoms with Crippen LogP contribution in [0.25, 0.3) is 85.6 Å². The highest BCUT2D eigenvalue weighted by atomic mass is 32.1. The average Bonchev–Trinajstić information content (AvgIpc) is 3.95. The number of benzene rings is 7. The lowest BCUT2D eigenvalue weighted by Crippen LogP contribution is -2.28. The van der Waals surface area contributed by atoms with Gasteiger partial charge in [0.05, 0.1) is 6.04 Å². The van der Waals surface area contributed by atoms with Crippen LogP contribution in [0, 0.1) is 0 Å². The van der Waals surface area contributed by atoms with Crippen LogP contribution >= 0.6 is 22.7 Å². The van der Waals surface area contributed by atoms with Crippen molar-refractivity contribution in [2.24, 2.45) is 0 Å². The van der Waals surface area contributed by atoms with Gasteiger partial charge in [-0.1, -0.05) is 133 Å². The first-order valence-electron chi connectivity index (χ1n) is 19.3. The van der Waals surface area contributed by atoms with Crippen LogP contribution in [-0.2, 0) is 0 Å². The van der Waals surface area contributed by atoms with Gasteiger partial charge in [0.1, 0.15) is 0 Å². The number of para-hydroxylation sites is 1. The van der Waals surface area contributed by atoms with Gasteiger partial charge in [-0.25, -0.2) is 15.0 Å². The zero-order valence-corrected chi connectivity index (χ0v) is 32.2. The Morgan fingerprint density at radius 2 is 0.930 bits per heavy atom. The third-order valence-corrected chi connectivity index (χ3v) is 13.7. The molecule has 1 aliphatic carbocycles. The van der Waals surface area contributed by atoms with E-state index in [1.54, 1.807) is 22.7 Å². The largest absolute Gasteiger partial charge is 0.333 e. The lowest BCUT2D eigenvalue weighted by atomic mass is 9.91. The number of fused-ring (bicyclic) bond motifs is 9. The summed E-state index contributed by atoms with van der Waals surface area (Å²) in [5.41, 5.74) is 8.96. The molecular formula is C51H32N4S2. The molecule has 0 amide bonds. The molecule has 12 rings (SSSR count). The molecule has 7 aromatic carbocycles. The molecule has 4 heterocycles. The summed E-state index contributed by atoms with van der Waals surface area (Å²) in [6, 6.07) is 57.0. The van der Waals surface area contributed by atoms with Crippen LogP contribution in [-0.4, -0.2) is 21.0 Å². The zero-order chi connectivity index (χ0) is 37.5. The van der Waals surface area contributed by atoms with E-state index in [9.17, 15) is 0 Å². The number of allylic oxidation sites excluding steroid dienone is 2. The fourth-order valence-corrected chi connectivity index (χ4v) is 11.0. The van der Waals surface area contributed by atoms with Crippen LogP contribution in [0.2, 0.25) is 0 Å². The monoisotopic (exact) mass is 764 g/mol. The first-order valence-corrected chi connectivity index (χ1v) is 20.9. The Balaban J connectivity index is 0.980. The maximum absolute atomic E-state index is 5.21. The lowest BCUT2D eigenvalue weighted by Gasteiger charge is -2.29. The van der Waals surface area contributed by atoms with Gasteiger partial charge in [0.25, 0.3) is 0 Å². The molecule has 3 aromatic heterocycles. The number of thiophene rings is 2. The van der Waals surface area contributed by atoms with Crippen molar-refractivity contribution < 1.29 is 0 Å². The SMILES string of the molecule is C1=CC2c3ccccc3N(c3cccc(-c4cccc(-c5nc(-c6ccc7c(c6)sc6ccccc67)nc(-c6ccc7c(c6)sc6ccccc67)n5)c4)c3)C2C=C1. The summed E-state index contributed by atoms with van der Waals surface area (Å²) < 4.78 is 5.00. The predicted octanol–water partition coefficient (Wildman–Crippen LogP) is 14.0. The van der Waals surface area contributed by atoms with Crippen molar-refractivity contribution >= 4 is 74.4 Å². The fourth-order valence-electron chi connectivity index (χ4n) is 8.76. The Morgan fingerprint density at radius 1 is 0.404 bits per heavy atom. The number of rotatable bonds is 5. The highest BCUT2D eigenvalue weighted by Gasteiger charge is 2.37. The molecule has 6 heteroatoms. The summed E-state index contributed by atoms with van der Waals surface area (Å²) in [4.78, 5) is 18.1. The van der Waals surface area contributed by atoms with Crippen molar-refractivity contribution in [1.82, 2.24) is 15.0 Å². The molecule has 0 bridgehead atoms. The third kappa shape index (κ3) is 5.36. The molecule has 57 heavy (non-hydrogen) atoms. The van der Waals surface area contributed by atoms with Gasteiger partial charge in [0.15, 0.2) is 17.5 Å². The van der Waals surface area contributed by atoms with E-state index in [2.05, 4.69) is 187 Å². The van der Waals surface area contributed by atoms with Gasteiger partial charge >= 0.3 is 0 Å². The van der Waals surface area contributed by atoms with Crippen LogP contribution in [0.3, 0.4) is 0 Å². The van der Waals surface area contributed by atoms with Crippen molar-refractivity contribution in [1.29, 1.82) is 0 Å².